The van der Waals surface area contributed by atoms with Gasteiger partial charge in [-0.1, -0.05) is 0 Å². The average molecular weight is 519 g/mol. The van der Waals surface area contributed by atoms with Gasteiger partial charge in [-0.2, -0.15) is 12.7 Å². The number of morpholine rings is 1. The van der Waals surface area contributed by atoms with E-state index < -0.39 is 30.7 Å². The van der Waals surface area contributed by atoms with Gasteiger partial charge in [-0.05, 0) is 20.8 Å². The molecule has 0 bridgehead atoms. The maximum absolute atomic E-state index is 12.6. The van der Waals surface area contributed by atoms with Crippen molar-refractivity contribution in [2.45, 2.75) is 37.6 Å². The summed E-state index contributed by atoms with van der Waals surface area (Å²) in [5.41, 5.74) is 5.92. The molecule has 1 fully saturated rings. The molecule has 1 amide bonds. The highest BCUT2D eigenvalue weighted by Gasteiger charge is 2.44. The number of aromatic nitrogens is 2. The summed E-state index contributed by atoms with van der Waals surface area (Å²) < 4.78 is 61.9. The lowest BCUT2D eigenvalue weighted by atomic mass is 10.0. The van der Waals surface area contributed by atoms with Gasteiger partial charge in [-0.25, -0.2) is 23.1 Å². The molecule has 0 saturated carbocycles. The van der Waals surface area contributed by atoms with Crippen molar-refractivity contribution in [2.75, 3.05) is 45.1 Å². The van der Waals surface area contributed by atoms with Crippen molar-refractivity contribution in [1.29, 1.82) is 0 Å². The number of ether oxygens (including phenoxy) is 2. The molecule has 34 heavy (non-hydrogen) atoms. The molecule has 13 nitrogen and oxygen atoms in total. The Balaban J connectivity index is 2.16. The summed E-state index contributed by atoms with van der Waals surface area (Å²) in [4.78, 5) is 23.1. The monoisotopic (exact) mass is 518 g/mol. The standard InChI is InChI=1S/C19H30N6O7S2/c1-11-8-31-9-12-10-32-15-16(19(2,3)33(6,27)28)21-17(22-18(15)25(11)12)13(20)7-14(26)23-34(29,30)24(4)5/h7,11-12H,8-10,20H2,1-6H3,(H,23,26)/t11-,12?/m1/s1. The van der Waals surface area contributed by atoms with E-state index in [1.807, 2.05) is 16.5 Å². The second-order valence-corrected chi connectivity index (χ2v) is 13.4. The third kappa shape index (κ3) is 4.82. The number of carbonyl (C=O) groups is 1. The number of nitrogens with one attached hydrogen (secondary N) is 1. The van der Waals surface area contributed by atoms with Crippen LogP contribution in [0.4, 0.5) is 5.82 Å². The first kappa shape index (κ1) is 26.1. The van der Waals surface area contributed by atoms with Gasteiger partial charge >= 0.3 is 10.2 Å². The summed E-state index contributed by atoms with van der Waals surface area (Å²) in [6, 6.07) is -0.260. The fourth-order valence-corrected chi connectivity index (χ4v) is 4.48. The van der Waals surface area contributed by atoms with E-state index in [0.29, 0.717) is 19.0 Å². The van der Waals surface area contributed by atoms with Gasteiger partial charge in [-0.3, -0.25) is 4.79 Å². The van der Waals surface area contributed by atoms with Crippen LogP contribution in [-0.4, -0.2) is 89.3 Å². The van der Waals surface area contributed by atoms with E-state index in [1.165, 1.54) is 27.9 Å². The molecule has 190 valence electrons. The summed E-state index contributed by atoms with van der Waals surface area (Å²) in [6.07, 6.45) is 1.92. The SMILES string of the molecule is C[C@@H]1COCC2COc3c(nc(C(N)=CC(=O)NS(=O)(=O)N(C)C)nc3C(C)(C)S(C)(=O)=O)N21. The third-order valence-electron chi connectivity index (χ3n) is 5.80. The van der Waals surface area contributed by atoms with E-state index >= 15 is 0 Å². The molecule has 0 aliphatic carbocycles. The largest absolute Gasteiger partial charge is 0.486 e. The third-order valence-corrected chi connectivity index (χ3v) is 9.27. The van der Waals surface area contributed by atoms with Gasteiger partial charge in [0, 0.05) is 26.4 Å². The Morgan fingerprint density at radius 3 is 2.44 bits per heavy atom. The molecule has 1 aromatic heterocycles. The number of nitrogens with zero attached hydrogens (tertiary/aromatic N) is 4. The highest BCUT2D eigenvalue weighted by molar-refractivity contribution is 7.91. The molecule has 0 aromatic carbocycles. The second-order valence-electron chi connectivity index (χ2n) is 8.94. The number of amides is 1. The maximum atomic E-state index is 12.6. The topological polar surface area (TPSA) is 174 Å². The molecule has 15 heteroatoms. The highest BCUT2D eigenvalue weighted by Crippen LogP contribution is 2.43. The summed E-state index contributed by atoms with van der Waals surface area (Å²) >= 11 is 0. The molecule has 2 aliphatic heterocycles. The quantitative estimate of drug-likeness (QED) is 0.440. The second kappa shape index (κ2) is 8.94. The van der Waals surface area contributed by atoms with Crippen molar-refractivity contribution in [3.8, 4) is 5.75 Å². The van der Waals surface area contributed by atoms with E-state index in [0.717, 1.165) is 16.6 Å². The van der Waals surface area contributed by atoms with Gasteiger partial charge in [0.1, 0.15) is 17.0 Å². The zero-order valence-corrected chi connectivity index (χ0v) is 21.5. The van der Waals surface area contributed by atoms with E-state index in [1.54, 1.807) is 0 Å². The Morgan fingerprint density at radius 1 is 1.21 bits per heavy atom. The molecule has 3 N–H and O–H groups in total. The zero-order valence-electron chi connectivity index (χ0n) is 19.9. The minimum atomic E-state index is -4.04. The number of rotatable bonds is 6. The first-order valence-corrected chi connectivity index (χ1v) is 13.7. The van der Waals surface area contributed by atoms with Crippen molar-refractivity contribution in [3.05, 3.63) is 17.6 Å². The van der Waals surface area contributed by atoms with Gasteiger partial charge in [0.15, 0.2) is 27.2 Å². The van der Waals surface area contributed by atoms with Crippen LogP contribution < -0.4 is 20.1 Å². The van der Waals surface area contributed by atoms with Gasteiger partial charge in [0.25, 0.3) is 5.91 Å². The number of fused-ring (bicyclic) bond motifs is 3. The first-order chi connectivity index (χ1) is 15.6. The van der Waals surface area contributed by atoms with E-state index in [9.17, 15) is 21.6 Å². The van der Waals surface area contributed by atoms with Crippen molar-refractivity contribution in [2.24, 2.45) is 5.73 Å². The molecule has 2 aliphatic rings. The van der Waals surface area contributed by atoms with Crippen LogP contribution in [0.1, 0.15) is 32.3 Å². The molecular weight excluding hydrogens is 488 g/mol. The number of hydrogen-bond donors (Lipinski definition) is 2. The van der Waals surface area contributed by atoms with Crippen LogP contribution >= 0.6 is 0 Å². The van der Waals surface area contributed by atoms with Crippen molar-refractivity contribution in [3.63, 3.8) is 0 Å². The lowest BCUT2D eigenvalue weighted by Crippen LogP contribution is -2.56. The van der Waals surface area contributed by atoms with E-state index in [2.05, 4.69) is 9.97 Å². The highest BCUT2D eigenvalue weighted by atomic mass is 32.2. The van der Waals surface area contributed by atoms with Crippen molar-refractivity contribution >= 4 is 37.5 Å². The number of sulfone groups is 1. The van der Waals surface area contributed by atoms with Crippen LogP contribution in [0.5, 0.6) is 5.75 Å². The molecule has 1 unspecified atom stereocenters. The fourth-order valence-electron chi connectivity index (χ4n) is 3.50. The predicted octanol–water partition coefficient (Wildman–Crippen LogP) is -1.04. The van der Waals surface area contributed by atoms with Gasteiger partial charge in [0.2, 0.25) is 0 Å². The summed E-state index contributed by atoms with van der Waals surface area (Å²) in [5.74, 6) is -0.589. The lowest BCUT2D eigenvalue weighted by molar-refractivity contribution is -0.114. The summed E-state index contributed by atoms with van der Waals surface area (Å²) in [7, 11) is -5.19. The minimum Gasteiger partial charge on any atom is -0.486 e. The fraction of sp³-hybridized carbons (Fsp3) is 0.632. The zero-order chi connectivity index (χ0) is 25.6. The van der Waals surface area contributed by atoms with Crippen molar-refractivity contribution in [1.82, 2.24) is 19.0 Å². The van der Waals surface area contributed by atoms with Crippen LogP contribution in [0, 0.1) is 0 Å². The van der Waals surface area contributed by atoms with E-state index in [-0.39, 0.29) is 41.7 Å². The Labute approximate surface area is 199 Å². The molecule has 2 atom stereocenters. The van der Waals surface area contributed by atoms with Gasteiger partial charge < -0.3 is 20.1 Å². The molecule has 1 saturated heterocycles. The molecule has 3 heterocycles. The summed E-state index contributed by atoms with van der Waals surface area (Å²) in [6.45, 7) is 5.98. The molecule has 1 aromatic rings. The average Bonchev–Trinajstić information content (AvgIpc) is 2.71. The van der Waals surface area contributed by atoms with Crippen LogP contribution in [-0.2, 0) is 34.3 Å². The Kier molecular flexibility index (Phi) is 6.87. The number of hydrogen-bond acceptors (Lipinski definition) is 11. The number of nitrogens with two attached hydrogens (primary N) is 1. The smallest absolute Gasteiger partial charge is 0.303 e. The van der Waals surface area contributed by atoms with Gasteiger partial charge in [-0.15, -0.1) is 0 Å². The van der Waals surface area contributed by atoms with Crippen LogP contribution in [0.25, 0.3) is 5.70 Å². The Morgan fingerprint density at radius 2 is 1.85 bits per heavy atom. The first-order valence-electron chi connectivity index (χ1n) is 10.4. The van der Waals surface area contributed by atoms with E-state index in [4.69, 9.17) is 15.2 Å². The predicted molar refractivity (Wildman–Crippen MR) is 125 cm³/mol. The summed E-state index contributed by atoms with van der Waals surface area (Å²) in [5, 5.41) is 0. The number of carbonyl (C=O) groups excluding carboxylic acids is 1. The van der Waals surface area contributed by atoms with Crippen LogP contribution in [0.2, 0.25) is 0 Å². The number of anilines is 1. The molecular formula is C19H30N6O7S2. The van der Waals surface area contributed by atoms with Gasteiger partial charge in [0.05, 0.1) is 31.0 Å². The Hall–Kier alpha value is -2.49. The molecule has 0 radical (unpaired) electrons. The lowest BCUT2D eigenvalue weighted by Gasteiger charge is -2.45. The minimum absolute atomic E-state index is 0.0878. The normalized spacial score (nSPS) is 21.5. The van der Waals surface area contributed by atoms with Crippen LogP contribution in [0.15, 0.2) is 6.08 Å². The molecule has 0 spiro atoms. The van der Waals surface area contributed by atoms with Crippen LogP contribution in [0.3, 0.4) is 0 Å². The molecule has 3 rings (SSSR count). The Bertz CT molecular complexity index is 1230. The van der Waals surface area contributed by atoms with Crippen molar-refractivity contribution < 1.29 is 31.1 Å². The maximum Gasteiger partial charge on any atom is 0.303 e.